The summed E-state index contributed by atoms with van der Waals surface area (Å²) in [7, 11) is 0. The van der Waals surface area contributed by atoms with E-state index in [1.165, 1.54) is 0 Å². The van der Waals surface area contributed by atoms with E-state index in [4.69, 9.17) is 0 Å². The minimum Gasteiger partial charge on any atom is -0.303 e. The highest BCUT2D eigenvalue weighted by atomic mass is 19.4. The average molecular weight is 223 g/mol. The highest BCUT2D eigenvalue weighted by Crippen LogP contribution is 2.48. The summed E-state index contributed by atoms with van der Waals surface area (Å²) in [6.45, 7) is 5.54. The molecule has 0 radical (unpaired) electrons. The van der Waals surface area contributed by atoms with Crippen LogP contribution in [0.2, 0.25) is 0 Å². The predicted octanol–water partition coefficient (Wildman–Crippen LogP) is 3.35. The van der Waals surface area contributed by atoms with E-state index >= 15 is 0 Å². The first kappa shape index (κ1) is 12.8. The molecule has 2 atom stereocenters. The molecule has 1 nitrogen and oxygen atoms in total. The van der Waals surface area contributed by atoms with Gasteiger partial charge in [0.05, 0.1) is 0 Å². The van der Waals surface area contributed by atoms with Gasteiger partial charge in [-0.05, 0) is 31.2 Å². The molecule has 0 aromatic carbocycles. The molecule has 1 aliphatic rings. The van der Waals surface area contributed by atoms with Gasteiger partial charge < -0.3 is 5.32 Å². The molecule has 0 heterocycles. The van der Waals surface area contributed by atoms with Crippen LogP contribution >= 0.6 is 0 Å². The topological polar surface area (TPSA) is 12.0 Å². The van der Waals surface area contributed by atoms with Crippen LogP contribution in [0.1, 0.15) is 40.0 Å². The van der Waals surface area contributed by atoms with Crippen LogP contribution in [0.3, 0.4) is 0 Å². The predicted molar refractivity (Wildman–Crippen MR) is 54.6 cm³/mol. The maximum Gasteiger partial charge on any atom is 0.407 e. The van der Waals surface area contributed by atoms with Crippen molar-refractivity contribution in [1.29, 1.82) is 0 Å². The van der Waals surface area contributed by atoms with Crippen molar-refractivity contribution < 1.29 is 13.2 Å². The molecule has 0 spiro atoms. The second-order valence-corrected chi connectivity index (χ2v) is 4.63. The molecule has 0 aliphatic heterocycles. The first-order valence-electron chi connectivity index (χ1n) is 5.68. The highest BCUT2D eigenvalue weighted by molar-refractivity contribution is 5.04. The summed E-state index contributed by atoms with van der Waals surface area (Å²) in [5, 5.41) is 2.71. The maximum atomic E-state index is 13.2. The molecular formula is C11H20F3N. The number of halogens is 3. The van der Waals surface area contributed by atoms with E-state index in [9.17, 15) is 13.2 Å². The maximum absolute atomic E-state index is 13.2. The largest absolute Gasteiger partial charge is 0.407 e. The van der Waals surface area contributed by atoms with Crippen LogP contribution in [0.5, 0.6) is 0 Å². The van der Waals surface area contributed by atoms with Crippen LogP contribution in [0.25, 0.3) is 0 Å². The molecule has 1 rings (SSSR count). The third-order valence-electron chi connectivity index (χ3n) is 3.77. The number of nitrogens with one attached hydrogen (secondary N) is 1. The quantitative estimate of drug-likeness (QED) is 0.757. The second kappa shape index (κ2) is 4.32. The molecule has 0 amide bonds. The van der Waals surface area contributed by atoms with Gasteiger partial charge in [-0.25, -0.2) is 0 Å². The van der Waals surface area contributed by atoms with Crippen molar-refractivity contribution in [3.63, 3.8) is 0 Å². The van der Waals surface area contributed by atoms with Crippen molar-refractivity contribution >= 4 is 0 Å². The van der Waals surface area contributed by atoms with Crippen molar-refractivity contribution in [2.75, 3.05) is 6.54 Å². The second-order valence-electron chi connectivity index (χ2n) is 4.63. The number of hydrogen-bond donors (Lipinski definition) is 1. The summed E-state index contributed by atoms with van der Waals surface area (Å²) in [6.07, 6.45) is -1.92. The molecule has 0 aromatic rings. The van der Waals surface area contributed by atoms with Gasteiger partial charge in [-0.3, -0.25) is 0 Å². The first-order valence-corrected chi connectivity index (χ1v) is 5.68. The smallest absolute Gasteiger partial charge is 0.303 e. The fraction of sp³-hybridized carbons (Fsp3) is 1.00. The lowest BCUT2D eigenvalue weighted by atomic mass is 9.66. The summed E-state index contributed by atoms with van der Waals surface area (Å²) >= 11 is 0. The summed E-state index contributed by atoms with van der Waals surface area (Å²) < 4.78 is 39.7. The first-order chi connectivity index (χ1) is 6.86. The molecule has 1 saturated carbocycles. The standard InChI is InChI=1S/C11H20F3N/c1-4-15-10(11(12,13)14)8(2)6-5-7-9(10)3/h8-9,15H,4-7H2,1-3H3. The normalized spacial score (nSPS) is 38.0. The molecule has 0 bridgehead atoms. The van der Waals surface area contributed by atoms with E-state index in [-0.39, 0.29) is 11.8 Å². The van der Waals surface area contributed by atoms with Gasteiger partial charge in [-0.2, -0.15) is 13.2 Å². The molecule has 2 unspecified atom stereocenters. The van der Waals surface area contributed by atoms with E-state index in [1.807, 2.05) is 0 Å². The average Bonchev–Trinajstić information content (AvgIpc) is 2.09. The van der Waals surface area contributed by atoms with Crippen LogP contribution in [-0.4, -0.2) is 18.3 Å². The van der Waals surface area contributed by atoms with Crippen LogP contribution in [-0.2, 0) is 0 Å². The Hall–Kier alpha value is -0.250. The van der Waals surface area contributed by atoms with Gasteiger partial charge >= 0.3 is 6.18 Å². The zero-order chi connectivity index (χ0) is 11.7. The zero-order valence-corrected chi connectivity index (χ0v) is 9.62. The van der Waals surface area contributed by atoms with E-state index in [2.05, 4.69) is 5.32 Å². The lowest BCUT2D eigenvalue weighted by Crippen LogP contribution is -2.66. The van der Waals surface area contributed by atoms with Crippen molar-refractivity contribution in [3.8, 4) is 0 Å². The van der Waals surface area contributed by atoms with Gasteiger partial charge in [0.1, 0.15) is 5.54 Å². The summed E-state index contributed by atoms with van der Waals surface area (Å²) in [5.74, 6) is -0.664. The Labute approximate surface area is 89.4 Å². The minimum absolute atomic E-state index is 0.332. The highest BCUT2D eigenvalue weighted by Gasteiger charge is 2.61. The van der Waals surface area contributed by atoms with E-state index in [1.54, 1.807) is 20.8 Å². The minimum atomic E-state index is -4.15. The fourth-order valence-electron chi connectivity index (χ4n) is 2.97. The van der Waals surface area contributed by atoms with E-state index in [0.29, 0.717) is 19.4 Å². The van der Waals surface area contributed by atoms with Crippen molar-refractivity contribution in [3.05, 3.63) is 0 Å². The van der Waals surface area contributed by atoms with Gasteiger partial charge in [-0.1, -0.05) is 27.2 Å². The number of hydrogen-bond acceptors (Lipinski definition) is 1. The van der Waals surface area contributed by atoms with Gasteiger partial charge in [0.15, 0.2) is 0 Å². The van der Waals surface area contributed by atoms with Crippen LogP contribution < -0.4 is 5.32 Å². The molecule has 90 valence electrons. The van der Waals surface area contributed by atoms with Crippen LogP contribution in [0.15, 0.2) is 0 Å². The number of alkyl halides is 3. The monoisotopic (exact) mass is 223 g/mol. The number of rotatable bonds is 2. The van der Waals surface area contributed by atoms with Gasteiger partial charge in [-0.15, -0.1) is 0 Å². The molecule has 1 aliphatic carbocycles. The van der Waals surface area contributed by atoms with Crippen molar-refractivity contribution in [1.82, 2.24) is 5.32 Å². The summed E-state index contributed by atoms with van der Waals surface area (Å²) in [6, 6.07) is 0. The van der Waals surface area contributed by atoms with Crippen LogP contribution in [0, 0.1) is 11.8 Å². The Kier molecular flexibility index (Phi) is 3.69. The lowest BCUT2D eigenvalue weighted by molar-refractivity contribution is -0.233. The van der Waals surface area contributed by atoms with Crippen molar-refractivity contribution in [2.24, 2.45) is 11.8 Å². The Morgan fingerprint density at radius 3 is 2.00 bits per heavy atom. The molecular weight excluding hydrogens is 203 g/mol. The van der Waals surface area contributed by atoms with Crippen LogP contribution in [0.4, 0.5) is 13.2 Å². The third kappa shape index (κ3) is 2.01. The Balaban J connectivity index is 3.04. The Morgan fingerprint density at radius 2 is 1.67 bits per heavy atom. The fourth-order valence-corrected chi connectivity index (χ4v) is 2.97. The Bertz CT molecular complexity index is 202. The molecule has 4 heteroatoms. The van der Waals surface area contributed by atoms with Gasteiger partial charge in [0, 0.05) is 0 Å². The van der Waals surface area contributed by atoms with E-state index < -0.39 is 11.7 Å². The molecule has 1 N–H and O–H groups in total. The molecule has 0 saturated heterocycles. The van der Waals surface area contributed by atoms with Gasteiger partial charge in [0.25, 0.3) is 0 Å². The molecule has 0 aromatic heterocycles. The summed E-state index contributed by atoms with van der Waals surface area (Å²) in [4.78, 5) is 0. The molecule has 1 fully saturated rings. The zero-order valence-electron chi connectivity index (χ0n) is 9.62. The lowest BCUT2D eigenvalue weighted by Gasteiger charge is -2.48. The third-order valence-corrected chi connectivity index (χ3v) is 3.77. The molecule has 15 heavy (non-hydrogen) atoms. The Morgan fingerprint density at radius 1 is 1.20 bits per heavy atom. The summed E-state index contributed by atoms with van der Waals surface area (Å²) in [5.41, 5.74) is -1.67. The van der Waals surface area contributed by atoms with E-state index in [0.717, 1.165) is 6.42 Å². The van der Waals surface area contributed by atoms with Crippen molar-refractivity contribution in [2.45, 2.75) is 51.7 Å². The van der Waals surface area contributed by atoms with Gasteiger partial charge in [0.2, 0.25) is 0 Å². The SMILES string of the molecule is CCNC1(C(F)(F)F)C(C)CCCC1C.